The van der Waals surface area contributed by atoms with Crippen LogP contribution in [0.25, 0.3) is 11.0 Å². The second-order valence-corrected chi connectivity index (χ2v) is 5.93. The van der Waals surface area contributed by atoms with E-state index in [2.05, 4.69) is 47.0 Å². The van der Waals surface area contributed by atoms with Crippen molar-refractivity contribution in [3.63, 3.8) is 0 Å². The molecule has 2 aromatic rings. The van der Waals surface area contributed by atoms with Crippen molar-refractivity contribution in [3.8, 4) is 0 Å². The molecule has 3 nitrogen and oxygen atoms in total. The van der Waals surface area contributed by atoms with Gasteiger partial charge >= 0.3 is 0 Å². The van der Waals surface area contributed by atoms with E-state index in [-0.39, 0.29) is 0 Å². The number of nitrogens with one attached hydrogen (secondary N) is 1. The monoisotopic (exact) mass is 287 g/mol. The van der Waals surface area contributed by atoms with Crippen molar-refractivity contribution >= 4 is 11.0 Å². The summed E-state index contributed by atoms with van der Waals surface area (Å²) in [6.07, 6.45) is 11.4. The van der Waals surface area contributed by atoms with Gasteiger partial charge in [-0.3, -0.25) is 0 Å². The summed E-state index contributed by atoms with van der Waals surface area (Å²) in [5, 5.41) is 3.46. The molecule has 1 unspecified atom stereocenters. The lowest BCUT2D eigenvalue weighted by atomic mass is 10.1. The maximum Gasteiger partial charge on any atom is 0.0958 e. The summed E-state index contributed by atoms with van der Waals surface area (Å²) in [7, 11) is 2.07. The Bertz CT molecular complexity index is 518. The third kappa shape index (κ3) is 4.85. The summed E-state index contributed by atoms with van der Waals surface area (Å²) in [5.74, 6) is 0. The standard InChI is InChI=1S/C18H29N3/c1-3-4-5-6-7-8-11-16(19-2)14-21-15-20-17-12-9-10-13-18(17)21/h9-10,12-13,15-16,19H,3-8,11,14H2,1-2H3. The molecule has 1 heterocycles. The van der Waals surface area contributed by atoms with Crippen LogP contribution in [0.1, 0.15) is 51.9 Å². The van der Waals surface area contributed by atoms with E-state index in [4.69, 9.17) is 0 Å². The topological polar surface area (TPSA) is 29.9 Å². The fourth-order valence-electron chi connectivity index (χ4n) is 2.89. The quantitative estimate of drug-likeness (QED) is 0.657. The van der Waals surface area contributed by atoms with E-state index >= 15 is 0 Å². The van der Waals surface area contributed by atoms with Crippen LogP contribution in [0.4, 0.5) is 0 Å². The predicted molar refractivity (Wildman–Crippen MR) is 90.6 cm³/mol. The van der Waals surface area contributed by atoms with Crippen LogP contribution in [0.3, 0.4) is 0 Å². The van der Waals surface area contributed by atoms with Crippen LogP contribution < -0.4 is 5.32 Å². The van der Waals surface area contributed by atoms with E-state index in [1.165, 1.54) is 50.5 Å². The zero-order valence-electron chi connectivity index (χ0n) is 13.5. The Kier molecular flexibility index (Phi) is 6.74. The predicted octanol–water partition coefficient (Wildman–Crippen LogP) is 4.37. The molecule has 0 aliphatic carbocycles. The van der Waals surface area contributed by atoms with Crippen LogP contribution in [-0.2, 0) is 6.54 Å². The van der Waals surface area contributed by atoms with Gasteiger partial charge in [0.25, 0.3) is 0 Å². The van der Waals surface area contributed by atoms with Gasteiger partial charge in [0.2, 0.25) is 0 Å². The highest BCUT2D eigenvalue weighted by Gasteiger charge is 2.09. The molecule has 0 saturated heterocycles. The number of likely N-dealkylation sites (N-methyl/N-ethyl adjacent to an activating group) is 1. The highest BCUT2D eigenvalue weighted by molar-refractivity contribution is 5.74. The normalized spacial score (nSPS) is 12.9. The van der Waals surface area contributed by atoms with Crippen LogP contribution in [0.15, 0.2) is 30.6 Å². The lowest BCUT2D eigenvalue weighted by Gasteiger charge is -2.17. The number of imidazole rings is 1. The fraction of sp³-hybridized carbons (Fsp3) is 0.611. The second kappa shape index (κ2) is 8.83. The summed E-state index contributed by atoms with van der Waals surface area (Å²) in [6.45, 7) is 3.28. The first-order chi connectivity index (χ1) is 10.3. The minimum Gasteiger partial charge on any atom is -0.329 e. The largest absolute Gasteiger partial charge is 0.329 e. The highest BCUT2D eigenvalue weighted by atomic mass is 15.1. The van der Waals surface area contributed by atoms with E-state index in [0.29, 0.717) is 6.04 Å². The third-order valence-corrected chi connectivity index (χ3v) is 4.26. The van der Waals surface area contributed by atoms with Gasteiger partial charge in [0.1, 0.15) is 0 Å². The Hall–Kier alpha value is -1.35. The Balaban J connectivity index is 1.79. The van der Waals surface area contributed by atoms with Crippen molar-refractivity contribution in [1.82, 2.24) is 14.9 Å². The number of fused-ring (bicyclic) bond motifs is 1. The first-order valence-electron chi connectivity index (χ1n) is 8.42. The molecule has 1 atom stereocenters. The van der Waals surface area contributed by atoms with E-state index in [0.717, 1.165) is 12.1 Å². The number of nitrogens with zero attached hydrogens (tertiary/aromatic N) is 2. The summed E-state index contributed by atoms with van der Waals surface area (Å²) in [4.78, 5) is 4.47. The van der Waals surface area contributed by atoms with Gasteiger partial charge in [0, 0.05) is 12.6 Å². The van der Waals surface area contributed by atoms with Crippen molar-refractivity contribution in [1.29, 1.82) is 0 Å². The van der Waals surface area contributed by atoms with E-state index in [1.54, 1.807) is 0 Å². The average Bonchev–Trinajstić information content (AvgIpc) is 2.92. The van der Waals surface area contributed by atoms with Crippen LogP contribution in [-0.4, -0.2) is 22.6 Å². The summed E-state index contributed by atoms with van der Waals surface area (Å²) >= 11 is 0. The molecular formula is C18H29N3. The molecule has 0 aliphatic heterocycles. The second-order valence-electron chi connectivity index (χ2n) is 5.93. The number of rotatable bonds is 10. The molecule has 0 saturated carbocycles. The molecule has 21 heavy (non-hydrogen) atoms. The number of unbranched alkanes of at least 4 members (excludes halogenated alkanes) is 5. The molecule has 2 rings (SSSR count). The van der Waals surface area contributed by atoms with Crippen LogP contribution >= 0.6 is 0 Å². The van der Waals surface area contributed by atoms with Gasteiger partial charge in [-0.05, 0) is 25.6 Å². The van der Waals surface area contributed by atoms with Gasteiger partial charge in [-0.2, -0.15) is 0 Å². The molecule has 1 aromatic carbocycles. The molecule has 0 amide bonds. The Morgan fingerprint density at radius 1 is 1.10 bits per heavy atom. The Morgan fingerprint density at radius 3 is 2.67 bits per heavy atom. The maximum atomic E-state index is 4.47. The SMILES string of the molecule is CCCCCCCCC(Cn1cnc2ccccc21)NC. The molecule has 3 heteroatoms. The summed E-state index contributed by atoms with van der Waals surface area (Å²) in [6, 6.07) is 8.90. The van der Waals surface area contributed by atoms with Gasteiger partial charge in [-0.15, -0.1) is 0 Å². The van der Waals surface area contributed by atoms with E-state index in [9.17, 15) is 0 Å². The number of hydrogen-bond acceptors (Lipinski definition) is 2. The molecule has 0 bridgehead atoms. The van der Waals surface area contributed by atoms with Crippen molar-refractivity contribution in [2.75, 3.05) is 7.05 Å². The molecule has 0 fully saturated rings. The lowest BCUT2D eigenvalue weighted by molar-refractivity contribution is 0.434. The molecule has 0 spiro atoms. The van der Waals surface area contributed by atoms with Crippen molar-refractivity contribution in [3.05, 3.63) is 30.6 Å². The van der Waals surface area contributed by atoms with Crippen molar-refractivity contribution in [2.45, 2.75) is 64.5 Å². The van der Waals surface area contributed by atoms with Gasteiger partial charge in [-0.1, -0.05) is 57.6 Å². The van der Waals surface area contributed by atoms with Crippen molar-refractivity contribution in [2.24, 2.45) is 0 Å². The zero-order valence-corrected chi connectivity index (χ0v) is 13.5. The molecule has 1 aromatic heterocycles. The highest BCUT2D eigenvalue weighted by Crippen LogP contribution is 2.14. The number of aromatic nitrogens is 2. The minimum absolute atomic E-state index is 0.536. The van der Waals surface area contributed by atoms with Gasteiger partial charge in [0.15, 0.2) is 0 Å². The molecular weight excluding hydrogens is 258 g/mol. The minimum atomic E-state index is 0.536. The summed E-state index contributed by atoms with van der Waals surface area (Å²) in [5.41, 5.74) is 2.33. The van der Waals surface area contributed by atoms with Crippen LogP contribution in [0.2, 0.25) is 0 Å². The number of hydrogen-bond donors (Lipinski definition) is 1. The average molecular weight is 287 g/mol. The zero-order chi connectivity index (χ0) is 14.9. The fourth-order valence-corrected chi connectivity index (χ4v) is 2.89. The first kappa shape index (κ1) is 16.0. The smallest absolute Gasteiger partial charge is 0.0958 e. The van der Waals surface area contributed by atoms with Gasteiger partial charge < -0.3 is 9.88 Å². The Labute approximate surface area is 128 Å². The molecule has 0 aliphatic rings. The number of benzene rings is 1. The van der Waals surface area contributed by atoms with E-state index in [1.807, 2.05) is 12.4 Å². The van der Waals surface area contributed by atoms with Crippen molar-refractivity contribution < 1.29 is 0 Å². The molecule has 0 radical (unpaired) electrons. The molecule has 116 valence electrons. The van der Waals surface area contributed by atoms with Crippen LogP contribution in [0, 0.1) is 0 Å². The Morgan fingerprint density at radius 2 is 1.86 bits per heavy atom. The first-order valence-corrected chi connectivity index (χ1v) is 8.42. The van der Waals surface area contributed by atoms with Gasteiger partial charge in [0.05, 0.1) is 17.4 Å². The van der Waals surface area contributed by atoms with E-state index < -0.39 is 0 Å². The maximum absolute atomic E-state index is 4.47. The van der Waals surface area contributed by atoms with Gasteiger partial charge in [-0.25, -0.2) is 4.98 Å². The lowest BCUT2D eigenvalue weighted by Crippen LogP contribution is -2.29. The number of para-hydroxylation sites is 2. The third-order valence-electron chi connectivity index (χ3n) is 4.26. The molecule has 1 N–H and O–H groups in total. The van der Waals surface area contributed by atoms with Crippen LogP contribution in [0.5, 0.6) is 0 Å². The summed E-state index contributed by atoms with van der Waals surface area (Å²) < 4.78 is 2.27.